The van der Waals surface area contributed by atoms with Gasteiger partial charge in [-0.3, -0.25) is 4.79 Å². The molecule has 0 atom stereocenters. The zero-order valence-corrected chi connectivity index (χ0v) is 13.9. The molecule has 0 aliphatic heterocycles. The van der Waals surface area contributed by atoms with Crippen LogP contribution in [-0.4, -0.2) is 12.5 Å². The van der Waals surface area contributed by atoms with Crippen LogP contribution in [0.3, 0.4) is 0 Å². The van der Waals surface area contributed by atoms with E-state index in [1.54, 1.807) is 4.90 Å². The van der Waals surface area contributed by atoms with Crippen molar-refractivity contribution in [3.8, 4) is 0 Å². The Bertz CT molecular complexity index is 655. The van der Waals surface area contributed by atoms with Crippen molar-refractivity contribution < 1.29 is 4.79 Å². The number of aryl methyl sites for hydroxylation is 1. The van der Waals surface area contributed by atoms with Gasteiger partial charge in [0, 0.05) is 22.4 Å². The number of nitrogens with two attached hydrogens (primary N) is 1. The highest BCUT2D eigenvalue weighted by atomic mass is 79.9. The first-order valence-corrected chi connectivity index (χ1v) is 7.75. The number of carbonyl (C=O) groups is 1. The molecule has 1 amide bonds. The molecule has 0 bridgehead atoms. The molecule has 2 N–H and O–H groups in total. The molecule has 0 saturated carbocycles. The van der Waals surface area contributed by atoms with Crippen LogP contribution in [0, 0.1) is 6.92 Å². The minimum atomic E-state index is -0.0191. The van der Waals surface area contributed by atoms with E-state index in [1.165, 1.54) is 0 Å². The Balaban J connectivity index is 2.40. The third-order valence-corrected chi connectivity index (χ3v) is 3.89. The van der Waals surface area contributed by atoms with Gasteiger partial charge in [-0.05, 0) is 65.2 Å². The minimum absolute atomic E-state index is 0.0191. The van der Waals surface area contributed by atoms with Crippen molar-refractivity contribution in [2.75, 3.05) is 17.2 Å². The molecule has 0 heterocycles. The smallest absolute Gasteiger partial charge is 0.259 e. The molecule has 0 aliphatic rings. The molecule has 2 aromatic carbocycles. The highest BCUT2D eigenvalue weighted by Crippen LogP contribution is 2.24. The average Bonchev–Trinajstić information content (AvgIpc) is 2.44. The second kappa shape index (κ2) is 6.76. The van der Waals surface area contributed by atoms with E-state index in [0.717, 1.165) is 22.1 Å². The Morgan fingerprint density at radius 3 is 2.62 bits per heavy atom. The van der Waals surface area contributed by atoms with Gasteiger partial charge in [0.1, 0.15) is 0 Å². The Hall–Kier alpha value is -1.81. The molecule has 0 aliphatic carbocycles. The zero-order valence-electron chi connectivity index (χ0n) is 12.3. The molecule has 0 aromatic heterocycles. The minimum Gasteiger partial charge on any atom is -0.399 e. The maximum Gasteiger partial charge on any atom is 0.259 e. The van der Waals surface area contributed by atoms with Crippen LogP contribution < -0.4 is 10.6 Å². The van der Waals surface area contributed by atoms with Gasteiger partial charge in [0.05, 0.1) is 5.56 Å². The highest BCUT2D eigenvalue weighted by molar-refractivity contribution is 9.10. The summed E-state index contributed by atoms with van der Waals surface area (Å²) in [5.41, 5.74) is 9.10. The predicted molar refractivity (Wildman–Crippen MR) is 91.7 cm³/mol. The van der Waals surface area contributed by atoms with Gasteiger partial charge >= 0.3 is 0 Å². The fourth-order valence-electron chi connectivity index (χ4n) is 2.20. The van der Waals surface area contributed by atoms with E-state index in [-0.39, 0.29) is 5.91 Å². The zero-order chi connectivity index (χ0) is 15.4. The first kappa shape index (κ1) is 15.6. The van der Waals surface area contributed by atoms with E-state index >= 15 is 0 Å². The van der Waals surface area contributed by atoms with Crippen molar-refractivity contribution in [1.82, 2.24) is 0 Å². The van der Waals surface area contributed by atoms with Crippen LogP contribution >= 0.6 is 15.9 Å². The van der Waals surface area contributed by atoms with Crippen molar-refractivity contribution in [3.63, 3.8) is 0 Å². The summed E-state index contributed by atoms with van der Waals surface area (Å²) in [6, 6.07) is 13.2. The van der Waals surface area contributed by atoms with Crippen LogP contribution in [0.25, 0.3) is 0 Å². The Labute approximate surface area is 133 Å². The number of hydrogen-bond acceptors (Lipinski definition) is 2. The molecule has 0 radical (unpaired) electrons. The van der Waals surface area contributed by atoms with Crippen LogP contribution in [0.1, 0.15) is 29.3 Å². The summed E-state index contributed by atoms with van der Waals surface area (Å²) < 4.78 is 0.817. The van der Waals surface area contributed by atoms with Crippen LogP contribution in [0.2, 0.25) is 0 Å². The molecule has 2 rings (SSSR count). The van der Waals surface area contributed by atoms with E-state index in [0.29, 0.717) is 17.8 Å². The van der Waals surface area contributed by atoms with Crippen LogP contribution in [0.15, 0.2) is 46.9 Å². The number of hydrogen-bond donors (Lipinski definition) is 1. The lowest BCUT2D eigenvalue weighted by atomic mass is 10.1. The molecular formula is C17H19BrN2O. The number of halogens is 1. The first-order valence-electron chi connectivity index (χ1n) is 6.96. The number of benzene rings is 2. The maximum absolute atomic E-state index is 12.8. The standard InChI is InChI=1S/C17H19BrN2O/c1-3-9-20(14-6-4-5-13(19)11-14)17(21)15-8-7-12(2)10-16(15)18/h4-8,10-11H,3,9,19H2,1-2H3. The normalized spacial score (nSPS) is 10.4. The van der Waals surface area contributed by atoms with E-state index in [4.69, 9.17) is 5.73 Å². The van der Waals surface area contributed by atoms with Crippen LogP contribution in [0.4, 0.5) is 11.4 Å². The average molecular weight is 347 g/mol. The Kier molecular flexibility index (Phi) is 5.02. The van der Waals surface area contributed by atoms with Crippen molar-refractivity contribution in [1.29, 1.82) is 0 Å². The summed E-state index contributed by atoms with van der Waals surface area (Å²) >= 11 is 3.48. The Morgan fingerprint density at radius 1 is 1.24 bits per heavy atom. The SMILES string of the molecule is CCCN(C(=O)c1ccc(C)cc1Br)c1cccc(N)c1. The van der Waals surface area contributed by atoms with Gasteiger partial charge in [0.25, 0.3) is 5.91 Å². The lowest BCUT2D eigenvalue weighted by molar-refractivity contribution is 0.0986. The van der Waals surface area contributed by atoms with Crippen molar-refractivity contribution in [2.24, 2.45) is 0 Å². The molecule has 0 spiro atoms. The van der Waals surface area contributed by atoms with Gasteiger partial charge in [-0.2, -0.15) is 0 Å². The van der Waals surface area contributed by atoms with Gasteiger partial charge in [-0.1, -0.05) is 19.1 Å². The quantitative estimate of drug-likeness (QED) is 0.834. The molecular weight excluding hydrogens is 328 g/mol. The summed E-state index contributed by atoms with van der Waals surface area (Å²) in [6.07, 6.45) is 0.879. The largest absolute Gasteiger partial charge is 0.399 e. The van der Waals surface area contributed by atoms with E-state index in [2.05, 4.69) is 22.9 Å². The summed E-state index contributed by atoms with van der Waals surface area (Å²) in [4.78, 5) is 14.6. The maximum atomic E-state index is 12.8. The lowest BCUT2D eigenvalue weighted by Gasteiger charge is -2.23. The third-order valence-electron chi connectivity index (χ3n) is 3.23. The van der Waals surface area contributed by atoms with E-state index in [9.17, 15) is 4.79 Å². The number of nitrogens with zero attached hydrogens (tertiary/aromatic N) is 1. The van der Waals surface area contributed by atoms with Gasteiger partial charge in [-0.15, -0.1) is 0 Å². The molecule has 0 unspecified atom stereocenters. The number of anilines is 2. The van der Waals surface area contributed by atoms with Crippen LogP contribution in [-0.2, 0) is 0 Å². The lowest BCUT2D eigenvalue weighted by Crippen LogP contribution is -2.32. The van der Waals surface area contributed by atoms with Gasteiger partial charge < -0.3 is 10.6 Å². The number of carbonyl (C=O) groups excluding carboxylic acids is 1. The first-order chi connectivity index (χ1) is 10.0. The van der Waals surface area contributed by atoms with E-state index < -0.39 is 0 Å². The van der Waals surface area contributed by atoms with Gasteiger partial charge in [0.2, 0.25) is 0 Å². The van der Waals surface area contributed by atoms with Crippen molar-refractivity contribution in [3.05, 3.63) is 58.1 Å². The fraction of sp³-hybridized carbons (Fsp3) is 0.235. The second-order valence-corrected chi connectivity index (χ2v) is 5.89. The molecule has 2 aromatic rings. The van der Waals surface area contributed by atoms with Gasteiger partial charge in [0.15, 0.2) is 0 Å². The molecule has 4 heteroatoms. The van der Waals surface area contributed by atoms with Crippen molar-refractivity contribution >= 4 is 33.2 Å². The molecule has 21 heavy (non-hydrogen) atoms. The summed E-state index contributed by atoms with van der Waals surface area (Å²) in [5.74, 6) is -0.0191. The fourth-order valence-corrected chi connectivity index (χ4v) is 2.87. The number of nitrogen functional groups attached to an aromatic ring is 1. The molecule has 110 valence electrons. The number of amides is 1. The van der Waals surface area contributed by atoms with E-state index in [1.807, 2.05) is 49.4 Å². The third kappa shape index (κ3) is 3.64. The summed E-state index contributed by atoms with van der Waals surface area (Å²) in [7, 11) is 0. The topological polar surface area (TPSA) is 46.3 Å². The molecule has 3 nitrogen and oxygen atoms in total. The monoisotopic (exact) mass is 346 g/mol. The van der Waals surface area contributed by atoms with Crippen LogP contribution in [0.5, 0.6) is 0 Å². The second-order valence-electron chi connectivity index (χ2n) is 5.04. The molecule has 0 fully saturated rings. The summed E-state index contributed by atoms with van der Waals surface area (Å²) in [6.45, 7) is 4.71. The number of rotatable bonds is 4. The predicted octanol–water partition coefficient (Wildman–Crippen LogP) is 4.40. The van der Waals surface area contributed by atoms with Gasteiger partial charge in [-0.25, -0.2) is 0 Å². The van der Waals surface area contributed by atoms with Crippen molar-refractivity contribution in [2.45, 2.75) is 20.3 Å². The molecule has 0 saturated heterocycles. The Morgan fingerprint density at radius 2 is 2.00 bits per heavy atom. The highest BCUT2D eigenvalue weighted by Gasteiger charge is 2.19. The summed E-state index contributed by atoms with van der Waals surface area (Å²) in [5, 5.41) is 0.